The van der Waals surface area contributed by atoms with Gasteiger partial charge in [0, 0.05) is 11.8 Å². The molecule has 1 aromatic carbocycles. The number of nitrogens with zero attached hydrogens (tertiary/aromatic N) is 1. The number of thioether (sulfide) groups is 1. The third kappa shape index (κ3) is 3.61. The molecule has 2 unspecified atom stereocenters. The van der Waals surface area contributed by atoms with Crippen LogP contribution in [0.1, 0.15) is 20.8 Å². The second-order valence-corrected chi connectivity index (χ2v) is 5.42. The van der Waals surface area contributed by atoms with Crippen molar-refractivity contribution < 1.29 is 10.0 Å². The van der Waals surface area contributed by atoms with Crippen LogP contribution in [-0.2, 0) is 0 Å². The van der Waals surface area contributed by atoms with Crippen molar-refractivity contribution in [1.29, 1.82) is 0 Å². The van der Waals surface area contributed by atoms with Gasteiger partial charge in [-0.15, -0.1) is 11.8 Å². The maximum absolute atomic E-state index is 11.2. The number of nitro benzene ring substituents is 1. The fourth-order valence-electron chi connectivity index (χ4n) is 1.44. The molecule has 0 aromatic heterocycles. The number of anilines is 1. The van der Waals surface area contributed by atoms with Gasteiger partial charge in [0.1, 0.15) is 5.69 Å². The summed E-state index contributed by atoms with van der Waals surface area (Å²) in [5.74, 6) is 0. The van der Waals surface area contributed by atoms with E-state index in [-0.39, 0.29) is 15.9 Å². The van der Waals surface area contributed by atoms with E-state index in [1.54, 1.807) is 25.1 Å². The Kier molecular flexibility index (Phi) is 5.43. The predicted octanol–water partition coefficient (Wildman–Crippen LogP) is 2.89. The van der Waals surface area contributed by atoms with Crippen molar-refractivity contribution in [1.82, 2.24) is 0 Å². The van der Waals surface area contributed by atoms with Crippen molar-refractivity contribution in [2.24, 2.45) is 0 Å². The minimum atomic E-state index is -0.516. The molecule has 0 heterocycles. The number of para-hydroxylation sites is 1. The molecular formula is C12H18N2O3S. The van der Waals surface area contributed by atoms with E-state index in [4.69, 9.17) is 0 Å². The van der Waals surface area contributed by atoms with E-state index in [0.717, 1.165) is 0 Å². The lowest BCUT2D eigenvalue weighted by molar-refractivity contribution is -0.386. The summed E-state index contributed by atoms with van der Waals surface area (Å²) in [6.07, 6.45) is -0.516. The van der Waals surface area contributed by atoms with Gasteiger partial charge < -0.3 is 10.4 Å². The Labute approximate surface area is 111 Å². The molecule has 0 saturated carbocycles. The molecule has 0 bridgehead atoms. The van der Waals surface area contributed by atoms with Gasteiger partial charge in [0.05, 0.1) is 15.9 Å². The molecule has 1 rings (SSSR count). The zero-order valence-electron chi connectivity index (χ0n) is 10.7. The lowest BCUT2D eigenvalue weighted by Gasteiger charge is -2.15. The van der Waals surface area contributed by atoms with Gasteiger partial charge in [-0.25, -0.2) is 0 Å². The molecule has 0 fully saturated rings. The molecule has 0 radical (unpaired) electrons. The van der Waals surface area contributed by atoms with Crippen LogP contribution in [-0.4, -0.2) is 27.9 Å². The smallest absolute Gasteiger partial charge is 0.305 e. The second-order valence-electron chi connectivity index (χ2n) is 4.00. The molecular weight excluding hydrogens is 252 g/mol. The molecule has 0 spiro atoms. The number of rotatable bonds is 6. The Morgan fingerprint density at radius 2 is 2.17 bits per heavy atom. The average Bonchev–Trinajstić information content (AvgIpc) is 2.29. The van der Waals surface area contributed by atoms with Crippen molar-refractivity contribution in [3.05, 3.63) is 28.3 Å². The van der Waals surface area contributed by atoms with Crippen molar-refractivity contribution in [3.8, 4) is 0 Å². The standard InChI is InChI=1S/C12H18N2O3S/c1-4-13-10-6-5-7-11(12(10)14(16)17)18-9(3)8(2)15/h5-9,13,15H,4H2,1-3H3. The second kappa shape index (κ2) is 6.61. The van der Waals surface area contributed by atoms with Gasteiger partial charge in [-0.3, -0.25) is 10.1 Å². The zero-order chi connectivity index (χ0) is 13.7. The maximum atomic E-state index is 11.2. The molecule has 2 N–H and O–H groups in total. The van der Waals surface area contributed by atoms with Crippen LogP contribution in [0.4, 0.5) is 11.4 Å². The lowest BCUT2D eigenvalue weighted by atomic mass is 10.2. The first-order valence-corrected chi connectivity index (χ1v) is 6.71. The first kappa shape index (κ1) is 14.8. The van der Waals surface area contributed by atoms with Gasteiger partial charge in [-0.05, 0) is 26.0 Å². The van der Waals surface area contributed by atoms with Crippen molar-refractivity contribution >= 4 is 23.1 Å². The Hall–Kier alpha value is -1.27. The van der Waals surface area contributed by atoms with Crippen molar-refractivity contribution in [2.75, 3.05) is 11.9 Å². The van der Waals surface area contributed by atoms with E-state index in [1.807, 2.05) is 13.8 Å². The molecule has 5 nitrogen and oxygen atoms in total. The Morgan fingerprint density at radius 1 is 1.50 bits per heavy atom. The Morgan fingerprint density at radius 3 is 2.67 bits per heavy atom. The van der Waals surface area contributed by atoms with Gasteiger partial charge in [0.25, 0.3) is 0 Å². The molecule has 0 aliphatic heterocycles. The average molecular weight is 270 g/mol. The first-order valence-electron chi connectivity index (χ1n) is 5.83. The lowest BCUT2D eigenvalue weighted by Crippen LogP contribution is -2.15. The molecule has 18 heavy (non-hydrogen) atoms. The summed E-state index contributed by atoms with van der Waals surface area (Å²) in [5, 5.41) is 23.5. The van der Waals surface area contributed by atoms with Crippen LogP contribution in [0.15, 0.2) is 23.1 Å². The van der Waals surface area contributed by atoms with E-state index in [1.165, 1.54) is 11.8 Å². The molecule has 0 amide bonds. The summed E-state index contributed by atoms with van der Waals surface area (Å²) < 4.78 is 0. The zero-order valence-corrected chi connectivity index (χ0v) is 11.5. The summed E-state index contributed by atoms with van der Waals surface area (Å²) in [7, 11) is 0. The van der Waals surface area contributed by atoms with Crippen LogP contribution in [0.3, 0.4) is 0 Å². The van der Waals surface area contributed by atoms with Gasteiger partial charge in [-0.1, -0.05) is 13.0 Å². The van der Waals surface area contributed by atoms with Crippen molar-refractivity contribution in [3.63, 3.8) is 0 Å². The topological polar surface area (TPSA) is 75.4 Å². The number of hydrogen-bond donors (Lipinski definition) is 2. The first-order chi connectivity index (χ1) is 8.47. The van der Waals surface area contributed by atoms with Gasteiger partial charge >= 0.3 is 5.69 Å². The van der Waals surface area contributed by atoms with Crippen molar-refractivity contribution in [2.45, 2.75) is 37.0 Å². The van der Waals surface area contributed by atoms with Gasteiger partial charge in [-0.2, -0.15) is 0 Å². The normalized spacial score (nSPS) is 14.0. The highest BCUT2D eigenvalue weighted by Gasteiger charge is 2.22. The molecule has 100 valence electrons. The Bertz CT molecular complexity index is 424. The molecule has 1 aromatic rings. The minimum Gasteiger partial charge on any atom is -0.392 e. The summed E-state index contributed by atoms with van der Waals surface area (Å²) in [6.45, 7) is 6.04. The SMILES string of the molecule is CCNc1cccc(SC(C)C(C)O)c1[N+](=O)[O-]. The minimum absolute atomic E-state index is 0.0804. The highest BCUT2D eigenvalue weighted by Crippen LogP contribution is 2.38. The van der Waals surface area contributed by atoms with Gasteiger partial charge in [0.2, 0.25) is 0 Å². The monoisotopic (exact) mass is 270 g/mol. The third-order valence-electron chi connectivity index (χ3n) is 2.54. The summed E-state index contributed by atoms with van der Waals surface area (Å²) in [6, 6.07) is 5.18. The molecule has 0 saturated heterocycles. The van der Waals surface area contributed by atoms with E-state index in [2.05, 4.69) is 5.32 Å². The molecule has 6 heteroatoms. The molecule has 2 atom stereocenters. The van der Waals surface area contributed by atoms with Crippen LogP contribution in [0, 0.1) is 10.1 Å². The summed E-state index contributed by atoms with van der Waals surface area (Å²) in [5.41, 5.74) is 0.599. The number of aliphatic hydroxyl groups excluding tert-OH is 1. The number of benzene rings is 1. The van der Waals surface area contributed by atoms with E-state index >= 15 is 0 Å². The number of nitrogens with one attached hydrogen (secondary N) is 1. The van der Waals surface area contributed by atoms with Crippen LogP contribution in [0.2, 0.25) is 0 Å². The summed E-state index contributed by atoms with van der Waals surface area (Å²) >= 11 is 1.31. The highest BCUT2D eigenvalue weighted by atomic mass is 32.2. The highest BCUT2D eigenvalue weighted by molar-refractivity contribution is 8.00. The van der Waals surface area contributed by atoms with Crippen LogP contribution < -0.4 is 5.32 Å². The van der Waals surface area contributed by atoms with Crippen LogP contribution in [0.25, 0.3) is 0 Å². The Balaban J connectivity index is 3.10. The van der Waals surface area contributed by atoms with E-state index in [0.29, 0.717) is 17.1 Å². The molecule has 0 aliphatic rings. The van der Waals surface area contributed by atoms with E-state index in [9.17, 15) is 15.2 Å². The quantitative estimate of drug-likeness (QED) is 0.472. The fourth-order valence-corrected chi connectivity index (χ4v) is 2.49. The van der Waals surface area contributed by atoms with E-state index < -0.39 is 6.10 Å². The number of aliphatic hydroxyl groups is 1. The number of hydrogen-bond acceptors (Lipinski definition) is 5. The van der Waals surface area contributed by atoms with Crippen LogP contribution in [0.5, 0.6) is 0 Å². The predicted molar refractivity (Wildman–Crippen MR) is 74.3 cm³/mol. The summed E-state index contributed by atoms with van der Waals surface area (Å²) in [4.78, 5) is 11.4. The number of nitro groups is 1. The third-order valence-corrected chi connectivity index (χ3v) is 3.89. The molecule has 0 aliphatic carbocycles. The van der Waals surface area contributed by atoms with Crippen LogP contribution >= 0.6 is 11.8 Å². The fraction of sp³-hybridized carbons (Fsp3) is 0.500. The maximum Gasteiger partial charge on any atom is 0.305 e. The largest absolute Gasteiger partial charge is 0.392 e. The van der Waals surface area contributed by atoms with Gasteiger partial charge in [0.15, 0.2) is 0 Å².